The quantitative estimate of drug-likeness (QED) is 0.774. The number of rotatable bonds is 7. The van der Waals surface area contributed by atoms with E-state index < -0.39 is 23.1 Å². The molecule has 1 N–H and O–H groups in total. The van der Waals surface area contributed by atoms with Gasteiger partial charge in [0.15, 0.2) is 0 Å². The fourth-order valence-electron chi connectivity index (χ4n) is 2.97. The number of aromatic nitrogens is 1. The van der Waals surface area contributed by atoms with Crippen LogP contribution in [-0.2, 0) is 6.54 Å². The summed E-state index contributed by atoms with van der Waals surface area (Å²) in [5.74, 6) is -1.18. The molecule has 2 aromatic rings. The van der Waals surface area contributed by atoms with Crippen molar-refractivity contribution in [3.8, 4) is 0 Å². The van der Waals surface area contributed by atoms with Crippen LogP contribution in [-0.4, -0.2) is 34.9 Å². The number of halogens is 1. The third-order valence-electron chi connectivity index (χ3n) is 4.44. The zero-order valence-corrected chi connectivity index (χ0v) is 17.5. The molecule has 0 atom stereocenters. The van der Waals surface area contributed by atoms with Crippen molar-refractivity contribution < 1.29 is 14.0 Å². The van der Waals surface area contributed by atoms with Crippen molar-refractivity contribution in [3.05, 3.63) is 69.4 Å². The van der Waals surface area contributed by atoms with Crippen LogP contribution in [0.2, 0.25) is 0 Å². The van der Waals surface area contributed by atoms with Gasteiger partial charge in [-0.1, -0.05) is 26.0 Å². The molecule has 0 bridgehead atoms. The summed E-state index contributed by atoms with van der Waals surface area (Å²) in [7, 11) is 1.64. The van der Waals surface area contributed by atoms with Gasteiger partial charge in [0, 0.05) is 38.6 Å². The molecule has 2 amide bonds. The van der Waals surface area contributed by atoms with Crippen LogP contribution < -0.4 is 10.7 Å². The zero-order valence-electron chi connectivity index (χ0n) is 17.5. The van der Waals surface area contributed by atoms with E-state index >= 15 is 0 Å². The normalized spacial score (nSPS) is 11.0. The second-order valence-corrected chi connectivity index (χ2v) is 7.85. The van der Waals surface area contributed by atoms with Crippen molar-refractivity contribution in [1.29, 1.82) is 0 Å². The molecule has 0 aliphatic carbocycles. The van der Waals surface area contributed by atoms with E-state index in [4.69, 9.17) is 0 Å². The van der Waals surface area contributed by atoms with E-state index in [1.54, 1.807) is 23.7 Å². The summed E-state index contributed by atoms with van der Waals surface area (Å²) in [4.78, 5) is 39.9. The van der Waals surface area contributed by atoms with Gasteiger partial charge >= 0.3 is 0 Å². The van der Waals surface area contributed by atoms with Crippen molar-refractivity contribution in [3.63, 3.8) is 0 Å². The van der Waals surface area contributed by atoms with Crippen LogP contribution in [0.5, 0.6) is 0 Å². The highest BCUT2D eigenvalue weighted by Gasteiger charge is 2.22. The van der Waals surface area contributed by atoms with Gasteiger partial charge in [0.05, 0.1) is 0 Å². The van der Waals surface area contributed by atoms with E-state index in [9.17, 15) is 18.8 Å². The van der Waals surface area contributed by atoms with Crippen LogP contribution in [0, 0.1) is 11.7 Å². The fourth-order valence-corrected chi connectivity index (χ4v) is 2.97. The summed E-state index contributed by atoms with van der Waals surface area (Å²) in [6, 6.07) is 5.80. The average molecular weight is 401 g/mol. The number of carbonyl (C=O) groups excluding carboxylic acids is 2. The summed E-state index contributed by atoms with van der Waals surface area (Å²) in [5, 5.41) is 2.63. The predicted octanol–water partition coefficient (Wildman–Crippen LogP) is 3.23. The van der Waals surface area contributed by atoms with Crippen LogP contribution in [0.15, 0.2) is 41.5 Å². The molecule has 0 radical (unpaired) electrons. The van der Waals surface area contributed by atoms with Gasteiger partial charge in [-0.2, -0.15) is 0 Å². The number of pyridine rings is 1. The molecule has 0 aliphatic heterocycles. The SMILES string of the molecule is CC(C)CN(C)C(=O)c1cn(C(C)C)cc(C(=O)NCc2cccc(F)c2)c1=O. The lowest BCUT2D eigenvalue weighted by molar-refractivity contribution is 0.0777. The molecule has 156 valence electrons. The lowest BCUT2D eigenvalue weighted by Gasteiger charge is -2.21. The molecule has 0 spiro atoms. The van der Waals surface area contributed by atoms with Crippen molar-refractivity contribution in [2.24, 2.45) is 5.92 Å². The number of hydrogen-bond acceptors (Lipinski definition) is 3. The minimum absolute atomic E-state index is 0.0414. The summed E-state index contributed by atoms with van der Waals surface area (Å²) in [6.07, 6.45) is 2.95. The Hall–Kier alpha value is -2.96. The van der Waals surface area contributed by atoms with Crippen LogP contribution in [0.1, 0.15) is 60.0 Å². The van der Waals surface area contributed by atoms with Gasteiger partial charge in [-0.05, 0) is 37.5 Å². The third kappa shape index (κ3) is 5.76. The maximum Gasteiger partial charge on any atom is 0.259 e. The molecule has 0 aliphatic rings. The Kier molecular flexibility index (Phi) is 7.31. The minimum atomic E-state index is -0.612. The van der Waals surface area contributed by atoms with Crippen molar-refractivity contribution in [2.75, 3.05) is 13.6 Å². The first-order valence-corrected chi connectivity index (χ1v) is 9.64. The molecule has 0 unspecified atom stereocenters. The summed E-state index contributed by atoms with van der Waals surface area (Å²) < 4.78 is 15.0. The van der Waals surface area contributed by atoms with Gasteiger partial charge in [0.1, 0.15) is 16.9 Å². The first-order valence-electron chi connectivity index (χ1n) is 9.64. The molecule has 1 heterocycles. The van der Waals surface area contributed by atoms with E-state index in [0.29, 0.717) is 12.1 Å². The Labute approximate surface area is 170 Å². The first kappa shape index (κ1) is 22.3. The van der Waals surface area contributed by atoms with E-state index in [1.165, 1.54) is 29.4 Å². The number of benzene rings is 1. The standard InChI is InChI=1S/C22H28FN3O3/c1-14(2)11-25(5)22(29)19-13-26(15(3)4)12-18(20(19)27)21(28)24-10-16-7-6-8-17(23)9-16/h6-9,12-15H,10-11H2,1-5H3,(H,24,28). The molecule has 0 fully saturated rings. The highest BCUT2D eigenvalue weighted by molar-refractivity contribution is 5.99. The van der Waals surface area contributed by atoms with Crippen LogP contribution in [0.4, 0.5) is 4.39 Å². The number of hydrogen-bond donors (Lipinski definition) is 1. The first-order chi connectivity index (χ1) is 13.6. The third-order valence-corrected chi connectivity index (χ3v) is 4.44. The fraction of sp³-hybridized carbons (Fsp3) is 0.409. The molecular weight excluding hydrogens is 373 g/mol. The number of amides is 2. The highest BCUT2D eigenvalue weighted by Crippen LogP contribution is 2.10. The van der Waals surface area contributed by atoms with Crippen LogP contribution >= 0.6 is 0 Å². The molecule has 0 saturated carbocycles. The number of nitrogens with one attached hydrogen (secondary N) is 1. The van der Waals surface area contributed by atoms with Crippen LogP contribution in [0.3, 0.4) is 0 Å². The second kappa shape index (κ2) is 9.49. The molecule has 7 heteroatoms. The molecule has 2 rings (SSSR count). The van der Waals surface area contributed by atoms with Gasteiger partial charge in [-0.3, -0.25) is 14.4 Å². The molecular formula is C22H28FN3O3. The van der Waals surface area contributed by atoms with Gasteiger partial charge in [0.2, 0.25) is 5.43 Å². The minimum Gasteiger partial charge on any atom is -0.350 e. The van der Waals surface area contributed by atoms with E-state index in [0.717, 1.165) is 0 Å². The van der Waals surface area contributed by atoms with Crippen LogP contribution in [0.25, 0.3) is 0 Å². The largest absolute Gasteiger partial charge is 0.350 e. The van der Waals surface area contributed by atoms with E-state index in [-0.39, 0.29) is 29.6 Å². The Morgan fingerprint density at radius 3 is 2.38 bits per heavy atom. The van der Waals surface area contributed by atoms with Gasteiger partial charge < -0.3 is 14.8 Å². The Bertz CT molecular complexity index is 951. The molecule has 0 saturated heterocycles. The lowest BCUT2D eigenvalue weighted by Crippen LogP contribution is -2.37. The molecule has 1 aromatic carbocycles. The second-order valence-electron chi connectivity index (χ2n) is 7.85. The molecule has 1 aromatic heterocycles. The van der Waals surface area contributed by atoms with Gasteiger partial charge in [-0.15, -0.1) is 0 Å². The molecule has 29 heavy (non-hydrogen) atoms. The highest BCUT2D eigenvalue weighted by atomic mass is 19.1. The van der Waals surface area contributed by atoms with Gasteiger partial charge in [0.25, 0.3) is 11.8 Å². The zero-order chi connectivity index (χ0) is 21.7. The number of carbonyl (C=O) groups is 2. The lowest BCUT2D eigenvalue weighted by atomic mass is 10.1. The van der Waals surface area contributed by atoms with Gasteiger partial charge in [-0.25, -0.2) is 4.39 Å². The Morgan fingerprint density at radius 2 is 1.79 bits per heavy atom. The summed E-state index contributed by atoms with van der Waals surface area (Å²) in [5.41, 5.74) is -0.190. The summed E-state index contributed by atoms with van der Waals surface area (Å²) >= 11 is 0. The van der Waals surface area contributed by atoms with Crippen molar-refractivity contribution in [2.45, 2.75) is 40.3 Å². The summed E-state index contributed by atoms with van der Waals surface area (Å²) in [6.45, 7) is 8.31. The Morgan fingerprint density at radius 1 is 1.14 bits per heavy atom. The topological polar surface area (TPSA) is 71.4 Å². The molecule has 6 nitrogen and oxygen atoms in total. The number of nitrogens with zero attached hydrogens (tertiary/aromatic N) is 2. The average Bonchev–Trinajstić information content (AvgIpc) is 2.65. The van der Waals surface area contributed by atoms with E-state index in [2.05, 4.69) is 5.32 Å². The van der Waals surface area contributed by atoms with Crippen molar-refractivity contribution in [1.82, 2.24) is 14.8 Å². The maximum atomic E-state index is 13.3. The Balaban J connectivity index is 2.35. The van der Waals surface area contributed by atoms with Crippen molar-refractivity contribution >= 4 is 11.8 Å². The monoisotopic (exact) mass is 401 g/mol. The smallest absolute Gasteiger partial charge is 0.259 e. The predicted molar refractivity (Wildman–Crippen MR) is 110 cm³/mol. The maximum absolute atomic E-state index is 13.3. The van der Waals surface area contributed by atoms with E-state index in [1.807, 2.05) is 27.7 Å².